The van der Waals surface area contributed by atoms with Gasteiger partial charge in [0.15, 0.2) is 0 Å². The number of nitrogens with zero attached hydrogens (tertiary/aromatic N) is 1. The molecule has 1 unspecified atom stereocenters. The number of likely N-dealkylation sites (N-methyl/N-ethyl adjacent to an activating group) is 1. The maximum atomic E-state index is 12.3. The molecule has 0 radical (unpaired) electrons. The van der Waals surface area contributed by atoms with Gasteiger partial charge in [-0.3, -0.25) is 0 Å². The smallest absolute Gasteiger partial charge is 0.218 e. The van der Waals surface area contributed by atoms with Crippen LogP contribution in [0.3, 0.4) is 0 Å². The summed E-state index contributed by atoms with van der Waals surface area (Å²) >= 11 is 7.39. The molecule has 7 heteroatoms. The van der Waals surface area contributed by atoms with E-state index in [1.54, 1.807) is 30.3 Å². The van der Waals surface area contributed by atoms with Gasteiger partial charge in [-0.25, -0.2) is 12.7 Å². The van der Waals surface area contributed by atoms with E-state index in [0.29, 0.717) is 10.6 Å². The van der Waals surface area contributed by atoms with Crippen LogP contribution in [0, 0.1) is 0 Å². The summed E-state index contributed by atoms with van der Waals surface area (Å²) in [7, 11) is -2.07. The minimum Gasteiger partial charge on any atom is -0.386 e. The maximum Gasteiger partial charge on any atom is 0.218 e. The van der Waals surface area contributed by atoms with E-state index in [1.165, 1.54) is 22.7 Å². The summed E-state index contributed by atoms with van der Waals surface area (Å²) in [6.07, 6.45) is -0.823. The van der Waals surface area contributed by atoms with Crippen LogP contribution >= 0.6 is 22.9 Å². The van der Waals surface area contributed by atoms with E-state index in [-0.39, 0.29) is 12.3 Å². The van der Waals surface area contributed by atoms with E-state index in [0.717, 1.165) is 4.88 Å². The van der Waals surface area contributed by atoms with Gasteiger partial charge in [0.2, 0.25) is 10.0 Å². The Balaban J connectivity index is 2.07. The topological polar surface area (TPSA) is 57.6 Å². The molecule has 1 heterocycles. The average molecular weight is 346 g/mol. The lowest BCUT2D eigenvalue weighted by Crippen LogP contribution is -2.32. The highest BCUT2D eigenvalue weighted by atomic mass is 35.5. The first-order valence-corrected chi connectivity index (χ1v) is 9.15. The molecule has 0 amide bonds. The number of aliphatic hydroxyl groups is 1. The SMILES string of the molecule is CN(CC(O)c1cccs1)S(=O)(=O)Cc1ccccc1Cl. The number of sulfonamides is 1. The minimum atomic E-state index is -3.53. The van der Waals surface area contributed by atoms with Crippen molar-refractivity contribution in [2.24, 2.45) is 0 Å². The van der Waals surface area contributed by atoms with E-state index in [4.69, 9.17) is 11.6 Å². The number of benzene rings is 1. The number of rotatable bonds is 6. The zero-order chi connectivity index (χ0) is 15.5. The molecule has 0 saturated carbocycles. The number of aliphatic hydroxyl groups excluding tert-OH is 1. The Morgan fingerprint density at radius 2 is 2.00 bits per heavy atom. The molecule has 0 fully saturated rings. The van der Waals surface area contributed by atoms with Gasteiger partial charge < -0.3 is 5.11 Å². The van der Waals surface area contributed by atoms with Gasteiger partial charge in [-0.15, -0.1) is 11.3 Å². The molecule has 21 heavy (non-hydrogen) atoms. The van der Waals surface area contributed by atoms with E-state index >= 15 is 0 Å². The number of hydrogen-bond acceptors (Lipinski definition) is 4. The summed E-state index contributed by atoms with van der Waals surface area (Å²) in [4.78, 5) is 0.745. The second-order valence-corrected chi connectivity index (χ2v) is 8.12. The van der Waals surface area contributed by atoms with Crippen molar-refractivity contribution in [3.8, 4) is 0 Å². The fourth-order valence-electron chi connectivity index (χ4n) is 1.85. The second kappa shape index (κ2) is 6.89. The Hall–Kier alpha value is -0.920. The zero-order valence-electron chi connectivity index (χ0n) is 11.4. The molecule has 0 bridgehead atoms. The van der Waals surface area contributed by atoms with Crippen LogP contribution in [0.2, 0.25) is 5.02 Å². The lowest BCUT2D eigenvalue weighted by atomic mass is 10.2. The predicted octanol–water partition coefficient (Wildman–Crippen LogP) is 2.90. The van der Waals surface area contributed by atoms with Crippen LogP contribution < -0.4 is 0 Å². The first kappa shape index (κ1) is 16.5. The number of hydrogen-bond donors (Lipinski definition) is 1. The van der Waals surface area contributed by atoms with E-state index in [9.17, 15) is 13.5 Å². The van der Waals surface area contributed by atoms with Crippen LogP contribution in [0.5, 0.6) is 0 Å². The van der Waals surface area contributed by atoms with E-state index in [1.807, 2.05) is 11.4 Å². The summed E-state index contributed by atoms with van der Waals surface area (Å²) in [5, 5.41) is 12.3. The summed E-state index contributed by atoms with van der Waals surface area (Å²) in [6.45, 7) is 0.0211. The van der Waals surface area contributed by atoms with E-state index in [2.05, 4.69) is 0 Å². The number of thiophene rings is 1. The van der Waals surface area contributed by atoms with Crippen molar-refractivity contribution in [3.63, 3.8) is 0 Å². The zero-order valence-corrected chi connectivity index (χ0v) is 13.8. The highest BCUT2D eigenvalue weighted by Crippen LogP contribution is 2.22. The van der Waals surface area contributed by atoms with Gasteiger partial charge in [0.1, 0.15) is 6.10 Å². The molecular formula is C14H16ClNO3S2. The molecule has 1 atom stereocenters. The van der Waals surface area contributed by atoms with Crippen molar-refractivity contribution in [3.05, 3.63) is 57.2 Å². The molecule has 0 aliphatic rings. The molecule has 114 valence electrons. The molecule has 2 aromatic rings. The van der Waals surface area contributed by atoms with Crippen molar-refractivity contribution in [1.29, 1.82) is 0 Å². The highest BCUT2D eigenvalue weighted by molar-refractivity contribution is 7.88. The molecule has 1 N–H and O–H groups in total. The van der Waals surface area contributed by atoms with Crippen LogP contribution in [0.4, 0.5) is 0 Å². The first-order valence-electron chi connectivity index (χ1n) is 6.29. The van der Waals surface area contributed by atoms with Crippen molar-refractivity contribution in [2.45, 2.75) is 11.9 Å². The van der Waals surface area contributed by atoms with Gasteiger partial charge >= 0.3 is 0 Å². The predicted molar refractivity (Wildman–Crippen MR) is 86.0 cm³/mol. The van der Waals surface area contributed by atoms with Crippen molar-refractivity contribution >= 4 is 33.0 Å². The summed E-state index contributed by atoms with van der Waals surface area (Å²) in [6, 6.07) is 10.4. The standard InChI is InChI=1S/C14H16ClNO3S2/c1-16(9-13(17)14-7-4-8-20-14)21(18,19)10-11-5-2-3-6-12(11)15/h2-8,13,17H,9-10H2,1H3. The van der Waals surface area contributed by atoms with Gasteiger partial charge in [0.25, 0.3) is 0 Å². The van der Waals surface area contributed by atoms with E-state index < -0.39 is 16.1 Å². The Kier molecular flexibility index (Phi) is 5.40. The molecule has 1 aromatic carbocycles. The van der Waals surface area contributed by atoms with Crippen LogP contribution in [-0.2, 0) is 15.8 Å². The molecule has 0 saturated heterocycles. The average Bonchev–Trinajstić information content (AvgIpc) is 2.95. The van der Waals surface area contributed by atoms with Crippen molar-refractivity contribution in [2.75, 3.05) is 13.6 Å². The van der Waals surface area contributed by atoms with Gasteiger partial charge in [-0.1, -0.05) is 35.9 Å². The third kappa shape index (κ3) is 4.28. The van der Waals surface area contributed by atoms with Gasteiger partial charge in [0, 0.05) is 23.5 Å². The lowest BCUT2D eigenvalue weighted by molar-refractivity contribution is 0.158. The minimum absolute atomic E-state index is 0.0211. The fourth-order valence-corrected chi connectivity index (χ4v) is 4.07. The quantitative estimate of drug-likeness (QED) is 0.875. The molecular weight excluding hydrogens is 330 g/mol. The summed E-state index contributed by atoms with van der Waals surface area (Å²) in [5.41, 5.74) is 0.552. The van der Waals surface area contributed by atoms with Crippen molar-refractivity contribution < 1.29 is 13.5 Å². The molecule has 2 rings (SSSR count). The Labute approximate surface area is 133 Å². The molecule has 4 nitrogen and oxygen atoms in total. The Morgan fingerprint density at radius 3 is 2.62 bits per heavy atom. The van der Waals surface area contributed by atoms with Crippen LogP contribution in [-0.4, -0.2) is 31.4 Å². The third-order valence-corrected chi connectivity index (χ3v) is 6.19. The van der Waals surface area contributed by atoms with Gasteiger partial charge in [0.05, 0.1) is 5.75 Å². The Bertz CT molecular complexity index is 686. The highest BCUT2D eigenvalue weighted by Gasteiger charge is 2.23. The molecule has 1 aromatic heterocycles. The lowest BCUT2D eigenvalue weighted by Gasteiger charge is -2.20. The van der Waals surface area contributed by atoms with Crippen LogP contribution in [0.15, 0.2) is 41.8 Å². The third-order valence-electron chi connectivity index (χ3n) is 3.07. The normalized spacial score (nSPS) is 13.5. The van der Waals surface area contributed by atoms with Crippen LogP contribution in [0.1, 0.15) is 16.5 Å². The summed E-state index contributed by atoms with van der Waals surface area (Å²) < 4.78 is 25.8. The molecule has 0 aliphatic carbocycles. The molecule has 0 spiro atoms. The monoisotopic (exact) mass is 345 g/mol. The van der Waals surface area contributed by atoms with Crippen LogP contribution in [0.25, 0.3) is 0 Å². The van der Waals surface area contributed by atoms with Crippen molar-refractivity contribution in [1.82, 2.24) is 4.31 Å². The maximum absolute atomic E-state index is 12.3. The van der Waals surface area contributed by atoms with Gasteiger partial charge in [-0.05, 0) is 23.1 Å². The Morgan fingerprint density at radius 1 is 1.29 bits per heavy atom. The second-order valence-electron chi connectivity index (χ2n) is 4.66. The summed E-state index contributed by atoms with van der Waals surface area (Å²) in [5.74, 6) is -0.180. The molecule has 0 aliphatic heterocycles. The first-order chi connectivity index (χ1) is 9.90. The fraction of sp³-hybridized carbons (Fsp3) is 0.286. The van der Waals surface area contributed by atoms with Gasteiger partial charge in [-0.2, -0.15) is 0 Å². The number of halogens is 1. The largest absolute Gasteiger partial charge is 0.386 e.